The highest BCUT2D eigenvalue weighted by atomic mass is 16.6. The quantitative estimate of drug-likeness (QED) is 0.179. The Kier molecular flexibility index (Phi) is 11.0. The van der Waals surface area contributed by atoms with Crippen molar-refractivity contribution in [1.82, 2.24) is 0 Å². The Bertz CT molecular complexity index is 317. The van der Waals surface area contributed by atoms with Crippen molar-refractivity contribution < 1.29 is 39.1 Å². The van der Waals surface area contributed by atoms with E-state index < -0.39 is 11.8 Å². The van der Waals surface area contributed by atoms with Crippen LogP contribution >= 0.6 is 0 Å². The highest BCUT2D eigenvalue weighted by Gasteiger charge is 2.25. The molecule has 0 aromatic heterocycles. The van der Waals surface area contributed by atoms with Crippen LogP contribution in [0.4, 0.5) is 0 Å². The molecule has 0 aromatic carbocycles. The molecule has 8 nitrogen and oxygen atoms in total. The predicted octanol–water partition coefficient (Wildman–Crippen LogP) is -1.17. The van der Waals surface area contributed by atoms with E-state index in [1.165, 1.54) is 20.1 Å². The van der Waals surface area contributed by atoms with E-state index in [2.05, 4.69) is 0 Å². The third-order valence-corrected chi connectivity index (χ3v) is 2.36. The minimum atomic E-state index is -1.76. The molecule has 1 unspecified atom stereocenters. The molecular formula is C13H24O8. The molecule has 0 radical (unpaired) electrons. The van der Waals surface area contributed by atoms with E-state index in [0.717, 1.165) is 0 Å². The van der Waals surface area contributed by atoms with Gasteiger partial charge in [0.05, 0.1) is 33.0 Å². The summed E-state index contributed by atoms with van der Waals surface area (Å²) >= 11 is 0. The summed E-state index contributed by atoms with van der Waals surface area (Å²) in [6.07, 6.45) is 1.18. The predicted molar refractivity (Wildman–Crippen MR) is 72.5 cm³/mol. The van der Waals surface area contributed by atoms with Crippen LogP contribution in [0.5, 0.6) is 0 Å². The first kappa shape index (κ1) is 20.0. The van der Waals surface area contributed by atoms with Gasteiger partial charge >= 0.3 is 5.97 Å². The van der Waals surface area contributed by atoms with Crippen LogP contribution < -0.4 is 0 Å². The molecule has 0 fully saturated rings. The van der Waals surface area contributed by atoms with Crippen molar-refractivity contribution in [3.05, 3.63) is 11.6 Å². The zero-order valence-electron chi connectivity index (χ0n) is 12.4. The first-order valence-electron chi connectivity index (χ1n) is 6.50. The Morgan fingerprint density at radius 3 is 2.29 bits per heavy atom. The van der Waals surface area contributed by atoms with Gasteiger partial charge in [-0.1, -0.05) is 0 Å². The van der Waals surface area contributed by atoms with E-state index in [4.69, 9.17) is 29.2 Å². The van der Waals surface area contributed by atoms with Gasteiger partial charge in [0.25, 0.3) is 0 Å². The number of rotatable bonds is 12. The van der Waals surface area contributed by atoms with Gasteiger partial charge < -0.3 is 34.3 Å². The van der Waals surface area contributed by atoms with E-state index in [9.17, 15) is 9.90 Å². The van der Waals surface area contributed by atoms with E-state index in [-0.39, 0.29) is 51.8 Å². The van der Waals surface area contributed by atoms with E-state index in [1.807, 2.05) is 0 Å². The number of esters is 1. The maximum Gasteiger partial charge on any atom is 0.333 e. The summed E-state index contributed by atoms with van der Waals surface area (Å²) in [5.41, 5.74) is 0.132. The normalized spacial score (nSPS) is 14.8. The van der Waals surface area contributed by atoms with E-state index in [1.54, 1.807) is 0 Å². The molecule has 124 valence electrons. The molecule has 1 atom stereocenters. The van der Waals surface area contributed by atoms with Crippen LogP contribution in [-0.2, 0) is 23.7 Å². The van der Waals surface area contributed by atoms with Crippen molar-refractivity contribution in [3.8, 4) is 0 Å². The van der Waals surface area contributed by atoms with Crippen LogP contribution in [-0.4, -0.2) is 80.4 Å². The average Bonchev–Trinajstić information content (AvgIpc) is 2.48. The monoisotopic (exact) mass is 308 g/mol. The number of ether oxygens (including phenoxy) is 4. The largest absolute Gasteiger partial charge is 0.460 e. The van der Waals surface area contributed by atoms with Gasteiger partial charge in [-0.25, -0.2) is 4.79 Å². The van der Waals surface area contributed by atoms with Crippen molar-refractivity contribution in [3.63, 3.8) is 0 Å². The molecule has 0 aliphatic rings. The second-order valence-corrected chi connectivity index (χ2v) is 4.12. The van der Waals surface area contributed by atoms with Gasteiger partial charge in [0.15, 0.2) is 0 Å². The Balaban J connectivity index is 4.27. The molecule has 0 aliphatic carbocycles. The number of methoxy groups -OCH3 is 1. The lowest BCUT2D eigenvalue weighted by Gasteiger charge is -2.23. The highest BCUT2D eigenvalue weighted by molar-refractivity contribution is 5.87. The summed E-state index contributed by atoms with van der Waals surface area (Å²) in [6, 6.07) is 0. The molecule has 0 aliphatic heterocycles. The van der Waals surface area contributed by atoms with Gasteiger partial charge in [0.1, 0.15) is 13.2 Å². The third-order valence-electron chi connectivity index (χ3n) is 2.36. The Hall–Kier alpha value is -1.03. The number of carbonyl (C=O) groups is 1. The minimum absolute atomic E-state index is 0.0696. The molecule has 0 aromatic rings. The Morgan fingerprint density at radius 2 is 1.71 bits per heavy atom. The molecule has 3 N–H and O–H groups in total. The zero-order chi connectivity index (χ0) is 16.1. The number of aliphatic hydroxyl groups excluding tert-OH is 2. The number of aliphatic hydroxyl groups is 3. The van der Waals surface area contributed by atoms with Gasteiger partial charge in [-0.05, 0) is 13.0 Å². The average molecular weight is 308 g/mol. The van der Waals surface area contributed by atoms with Crippen LogP contribution in [0.3, 0.4) is 0 Å². The summed E-state index contributed by atoms with van der Waals surface area (Å²) in [5, 5.41) is 27.2. The lowest BCUT2D eigenvalue weighted by atomic mass is 10.2. The molecule has 21 heavy (non-hydrogen) atoms. The molecule has 0 saturated carbocycles. The summed E-state index contributed by atoms with van der Waals surface area (Å²) in [4.78, 5) is 11.5. The van der Waals surface area contributed by atoms with Gasteiger partial charge in [-0.2, -0.15) is 0 Å². The van der Waals surface area contributed by atoms with Crippen LogP contribution in [0, 0.1) is 0 Å². The minimum Gasteiger partial charge on any atom is -0.460 e. The zero-order valence-corrected chi connectivity index (χ0v) is 12.4. The Morgan fingerprint density at radius 1 is 1.10 bits per heavy atom. The smallest absolute Gasteiger partial charge is 0.333 e. The van der Waals surface area contributed by atoms with E-state index in [0.29, 0.717) is 0 Å². The molecule has 0 heterocycles. The van der Waals surface area contributed by atoms with Crippen LogP contribution in [0.2, 0.25) is 0 Å². The highest BCUT2D eigenvalue weighted by Crippen LogP contribution is 2.12. The van der Waals surface area contributed by atoms with Gasteiger partial charge in [0, 0.05) is 12.7 Å². The molecule has 0 spiro atoms. The molecule has 8 heteroatoms. The van der Waals surface area contributed by atoms with Crippen molar-refractivity contribution >= 4 is 5.97 Å². The summed E-state index contributed by atoms with van der Waals surface area (Å²) < 4.78 is 19.8. The summed E-state index contributed by atoms with van der Waals surface area (Å²) in [5.74, 6) is -2.43. The number of carbonyl (C=O) groups excluding carboxylic acids is 1. The van der Waals surface area contributed by atoms with E-state index >= 15 is 0 Å². The van der Waals surface area contributed by atoms with Crippen LogP contribution in [0.25, 0.3) is 0 Å². The fourth-order valence-corrected chi connectivity index (χ4v) is 1.31. The van der Waals surface area contributed by atoms with Crippen molar-refractivity contribution in [2.45, 2.75) is 12.7 Å². The topological polar surface area (TPSA) is 115 Å². The first-order valence-corrected chi connectivity index (χ1v) is 6.50. The number of hydrogen-bond donors (Lipinski definition) is 3. The molecule has 0 rings (SSSR count). The lowest BCUT2D eigenvalue weighted by molar-refractivity contribution is -0.185. The maximum atomic E-state index is 11.5. The van der Waals surface area contributed by atoms with Crippen LogP contribution in [0.1, 0.15) is 6.92 Å². The SMILES string of the molecule is COC(O)(/C=C(\C)C(=O)OCCO)COCCOCCO. The lowest BCUT2D eigenvalue weighted by Crippen LogP contribution is -2.36. The van der Waals surface area contributed by atoms with Gasteiger partial charge in [-0.3, -0.25) is 0 Å². The fraction of sp³-hybridized carbons (Fsp3) is 0.769. The molecule has 0 amide bonds. The summed E-state index contributed by atoms with van der Waals surface area (Å²) in [7, 11) is 1.27. The Labute approximate surface area is 123 Å². The third kappa shape index (κ3) is 9.51. The number of hydrogen-bond acceptors (Lipinski definition) is 8. The van der Waals surface area contributed by atoms with Crippen molar-refractivity contribution in [2.75, 3.05) is 53.4 Å². The van der Waals surface area contributed by atoms with Crippen molar-refractivity contribution in [2.24, 2.45) is 0 Å². The van der Waals surface area contributed by atoms with Gasteiger partial charge in [-0.15, -0.1) is 0 Å². The molecule has 0 saturated heterocycles. The van der Waals surface area contributed by atoms with Crippen LogP contribution in [0.15, 0.2) is 11.6 Å². The first-order chi connectivity index (χ1) is 9.99. The molecule has 0 bridgehead atoms. The molecular weight excluding hydrogens is 284 g/mol. The summed E-state index contributed by atoms with van der Waals surface area (Å²) in [6.45, 7) is 1.48. The standard InChI is InChI=1S/C13H24O8/c1-11(12(16)21-6-4-15)9-13(17,18-2)10-20-8-7-19-5-3-14/h9,14-15,17H,3-8,10H2,1-2H3/b11-9+. The second kappa shape index (κ2) is 11.6. The van der Waals surface area contributed by atoms with Crippen molar-refractivity contribution in [1.29, 1.82) is 0 Å². The van der Waals surface area contributed by atoms with Gasteiger partial charge in [0.2, 0.25) is 5.79 Å². The fourth-order valence-electron chi connectivity index (χ4n) is 1.31. The second-order valence-electron chi connectivity index (χ2n) is 4.12. The maximum absolute atomic E-state index is 11.5.